The smallest absolute Gasteiger partial charge is 0.251 e. The highest BCUT2D eigenvalue weighted by Gasteiger charge is 2.07. The zero-order chi connectivity index (χ0) is 17.4. The third-order valence-electron chi connectivity index (χ3n) is 3.87. The Morgan fingerprint density at radius 2 is 1.83 bits per heavy atom. The van der Waals surface area contributed by atoms with Gasteiger partial charge in [-0.3, -0.25) is 4.79 Å². The van der Waals surface area contributed by atoms with Crippen LogP contribution >= 0.6 is 0 Å². The van der Waals surface area contributed by atoms with Crippen LogP contribution in [-0.2, 0) is 0 Å². The summed E-state index contributed by atoms with van der Waals surface area (Å²) in [4.78, 5) is 20.5. The molecule has 0 unspecified atom stereocenters. The van der Waals surface area contributed by atoms with Crippen molar-refractivity contribution in [3.8, 4) is 0 Å². The van der Waals surface area contributed by atoms with Gasteiger partial charge in [-0.05, 0) is 37.1 Å². The van der Waals surface area contributed by atoms with E-state index in [2.05, 4.69) is 34.4 Å². The normalized spacial score (nSPS) is 10.3. The van der Waals surface area contributed by atoms with Crippen LogP contribution in [0.4, 0.5) is 11.5 Å². The number of carbonyl (C=O) groups is 1. The lowest BCUT2D eigenvalue weighted by Gasteiger charge is -2.19. The van der Waals surface area contributed by atoms with Gasteiger partial charge in [-0.15, -0.1) is 0 Å². The number of nitrogens with zero attached hydrogens (tertiary/aromatic N) is 3. The molecule has 5 nitrogen and oxygen atoms in total. The lowest BCUT2D eigenvalue weighted by atomic mass is 10.2. The standard InChI is InChI=1S/C19H26N4O/c1-22(2)18-15-16(11-13-20-18)19(24)21-12-7-8-14-23(3)17-9-5-4-6-10-17/h4-6,9-11,13,15H,7-8,12,14H2,1-3H3,(H,21,24). The zero-order valence-corrected chi connectivity index (χ0v) is 14.7. The number of unbranched alkanes of at least 4 members (excludes halogenated alkanes) is 1. The molecule has 1 amide bonds. The topological polar surface area (TPSA) is 48.5 Å². The molecule has 0 aliphatic heterocycles. The van der Waals surface area contributed by atoms with Crippen molar-refractivity contribution < 1.29 is 4.79 Å². The van der Waals surface area contributed by atoms with E-state index in [-0.39, 0.29) is 5.91 Å². The van der Waals surface area contributed by atoms with Crippen LogP contribution < -0.4 is 15.1 Å². The minimum absolute atomic E-state index is 0.0445. The number of aromatic nitrogens is 1. The van der Waals surface area contributed by atoms with Gasteiger partial charge in [0.2, 0.25) is 0 Å². The van der Waals surface area contributed by atoms with Gasteiger partial charge in [-0.25, -0.2) is 4.98 Å². The monoisotopic (exact) mass is 326 g/mol. The summed E-state index contributed by atoms with van der Waals surface area (Å²) in [6, 6.07) is 13.9. The van der Waals surface area contributed by atoms with Crippen molar-refractivity contribution in [3.63, 3.8) is 0 Å². The first-order valence-corrected chi connectivity index (χ1v) is 8.25. The van der Waals surface area contributed by atoms with Crippen LogP contribution in [-0.4, -0.2) is 45.1 Å². The number of hydrogen-bond acceptors (Lipinski definition) is 4. The fraction of sp³-hybridized carbons (Fsp3) is 0.368. The summed E-state index contributed by atoms with van der Waals surface area (Å²) in [6.45, 7) is 1.65. The third-order valence-corrected chi connectivity index (χ3v) is 3.87. The summed E-state index contributed by atoms with van der Waals surface area (Å²) in [6.07, 6.45) is 3.65. The first-order chi connectivity index (χ1) is 11.6. The van der Waals surface area contributed by atoms with Gasteiger partial charge < -0.3 is 15.1 Å². The largest absolute Gasteiger partial charge is 0.375 e. The van der Waals surface area contributed by atoms with Crippen molar-refractivity contribution >= 4 is 17.4 Å². The molecule has 1 N–H and O–H groups in total. The first kappa shape index (κ1) is 17.8. The number of rotatable bonds is 8. The number of amides is 1. The Balaban J connectivity index is 1.70. The van der Waals surface area contributed by atoms with E-state index in [0.717, 1.165) is 25.2 Å². The molecule has 0 fully saturated rings. The SMILES string of the molecule is CN(C)c1cc(C(=O)NCCCCN(C)c2ccccc2)ccn1. The second-order valence-corrected chi connectivity index (χ2v) is 6.02. The molecule has 24 heavy (non-hydrogen) atoms. The number of anilines is 2. The molecular formula is C19H26N4O. The highest BCUT2D eigenvalue weighted by molar-refractivity contribution is 5.94. The summed E-state index contributed by atoms with van der Waals surface area (Å²) in [5, 5.41) is 2.97. The molecule has 0 aliphatic rings. The summed E-state index contributed by atoms with van der Waals surface area (Å²) in [5.41, 5.74) is 1.87. The van der Waals surface area contributed by atoms with Crippen molar-refractivity contribution in [3.05, 3.63) is 54.2 Å². The van der Waals surface area contributed by atoms with Crippen LogP contribution in [0.25, 0.3) is 0 Å². The van der Waals surface area contributed by atoms with E-state index in [1.54, 1.807) is 18.3 Å². The molecule has 0 bridgehead atoms. The average Bonchev–Trinajstić information content (AvgIpc) is 2.62. The van der Waals surface area contributed by atoms with E-state index in [1.165, 1.54) is 5.69 Å². The maximum absolute atomic E-state index is 12.2. The zero-order valence-electron chi connectivity index (χ0n) is 14.7. The van der Waals surface area contributed by atoms with Crippen LogP contribution in [0.2, 0.25) is 0 Å². The number of para-hydroxylation sites is 1. The van der Waals surface area contributed by atoms with E-state index >= 15 is 0 Å². The second kappa shape index (κ2) is 8.91. The molecule has 1 aromatic heterocycles. The lowest BCUT2D eigenvalue weighted by molar-refractivity contribution is 0.0953. The first-order valence-electron chi connectivity index (χ1n) is 8.25. The number of benzene rings is 1. The van der Waals surface area contributed by atoms with Crippen molar-refractivity contribution in [1.29, 1.82) is 0 Å². The maximum Gasteiger partial charge on any atom is 0.251 e. The predicted molar refractivity (Wildman–Crippen MR) is 99.8 cm³/mol. The molecule has 2 rings (SSSR count). The number of nitrogens with one attached hydrogen (secondary N) is 1. The molecule has 0 saturated carbocycles. The van der Waals surface area contributed by atoms with Crippen molar-refractivity contribution in [2.75, 3.05) is 44.0 Å². The van der Waals surface area contributed by atoms with Gasteiger partial charge in [-0.2, -0.15) is 0 Å². The second-order valence-electron chi connectivity index (χ2n) is 6.02. The molecule has 0 atom stereocenters. The molecule has 0 spiro atoms. The fourth-order valence-corrected chi connectivity index (χ4v) is 2.39. The van der Waals surface area contributed by atoms with Gasteiger partial charge in [0.1, 0.15) is 5.82 Å². The molecule has 5 heteroatoms. The molecule has 1 aromatic carbocycles. The van der Waals surface area contributed by atoms with E-state index in [1.807, 2.05) is 37.2 Å². The Hall–Kier alpha value is -2.56. The predicted octanol–water partition coefficient (Wildman–Crippen LogP) is 2.79. The van der Waals surface area contributed by atoms with Crippen molar-refractivity contribution in [2.45, 2.75) is 12.8 Å². The molecule has 0 saturated heterocycles. The van der Waals surface area contributed by atoms with Gasteiger partial charge in [-0.1, -0.05) is 18.2 Å². The van der Waals surface area contributed by atoms with Gasteiger partial charge in [0.05, 0.1) is 0 Å². The number of pyridine rings is 1. The molecule has 1 heterocycles. The highest BCUT2D eigenvalue weighted by Crippen LogP contribution is 2.12. The minimum atomic E-state index is -0.0445. The van der Waals surface area contributed by atoms with Crippen LogP contribution in [0.15, 0.2) is 48.7 Å². The quantitative estimate of drug-likeness (QED) is 0.758. The van der Waals surface area contributed by atoms with E-state index in [4.69, 9.17) is 0 Å². The van der Waals surface area contributed by atoms with Gasteiger partial charge in [0.15, 0.2) is 0 Å². The molecular weight excluding hydrogens is 300 g/mol. The van der Waals surface area contributed by atoms with Crippen LogP contribution in [0.3, 0.4) is 0 Å². The maximum atomic E-state index is 12.2. The number of hydrogen-bond donors (Lipinski definition) is 1. The summed E-state index contributed by atoms with van der Waals surface area (Å²) < 4.78 is 0. The molecule has 128 valence electrons. The lowest BCUT2D eigenvalue weighted by Crippen LogP contribution is -2.26. The van der Waals surface area contributed by atoms with Crippen LogP contribution in [0.5, 0.6) is 0 Å². The van der Waals surface area contributed by atoms with Gasteiger partial charge in [0, 0.05) is 51.7 Å². The highest BCUT2D eigenvalue weighted by atomic mass is 16.1. The number of carbonyl (C=O) groups excluding carboxylic acids is 1. The van der Waals surface area contributed by atoms with E-state index < -0.39 is 0 Å². The summed E-state index contributed by atoms with van der Waals surface area (Å²) in [5.74, 6) is 0.740. The minimum Gasteiger partial charge on any atom is -0.375 e. The summed E-state index contributed by atoms with van der Waals surface area (Å²) >= 11 is 0. The van der Waals surface area contributed by atoms with E-state index in [0.29, 0.717) is 12.1 Å². The Bertz CT molecular complexity index is 643. The Labute approximate surface area is 144 Å². The summed E-state index contributed by atoms with van der Waals surface area (Å²) in [7, 11) is 5.91. The molecule has 0 radical (unpaired) electrons. The van der Waals surface area contributed by atoms with Crippen molar-refractivity contribution in [2.24, 2.45) is 0 Å². The van der Waals surface area contributed by atoms with Crippen molar-refractivity contribution in [1.82, 2.24) is 10.3 Å². The van der Waals surface area contributed by atoms with Gasteiger partial charge in [0.25, 0.3) is 5.91 Å². The molecule has 0 aliphatic carbocycles. The van der Waals surface area contributed by atoms with Crippen LogP contribution in [0, 0.1) is 0 Å². The Kier molecular flexibility index (Phi) is 6.61. The Morgan fingerprint density at radius 1 is 1.08 bits per heavy atom. The van der Waals surface area contributed by atoms with Crippen LogP contribution in [0.1, 0.15) is 23.2 Å². The average molecular weight is 326 g/mol. The Morgan fingerprint density at radius 3 is 2.54 bits per heavy atom. The third kappa shape index (κ3) is 5.26. The van der Waals surface area contributed by atoms with Gasteiger partial charge >= 0.3 is 0 Å². The molecule has 2 aromatic rings. The van der Waals surface area contributed by atoms with E-state index in [9.17, 15) is 4.79 Å². The fourth-order valence-electron chi connectivity index (χ4n) is 2.39.